The lowest BCUT2D eigenvalue weighted by molar-refractivity contribution is -0.116. The van der Waals surface area contributed by atoms with Crippen molar-refractivity contribution in [3.63, 3.8) is 0 Å². The normalized spacial score (nSPS) is 11.6. The Labute approximate surface area is 192 Å². The maximum absolute atomic E-state index is 13.3. The van der Waals surface area contributed by atoms with E-state index in [0.29, 0.717) is 10.9 Å². The highest BCUT2D eigenvalue weighted by atomic mass is 32.2. The van der Waals surface area contributed by atoms with Crippen LogP contribution in [0.4, 0.5) is 5.69 Å². The van der Waals surface area contributed by atoms with E-state index in [1.165, 1.54) is 0 Å². The molecule has 1 amide bonds. The molecule has 0 aliphatic carbocycles. The number of fused-ring (bicyclic) bond motifs is 1. The fraction of sp³-hybridized carbons (Fsp3) is 0.160. The van der Waals surface area contributed by atoms with Crippen molar-refractivity contribution < 1.29 is 13.2 Å². The predicted octanol–water partition coefficient (Wildman–Crippen LogP) is 5.28. The van der Waals surface area contributed by atoms with Gasteiger partial charge < -0.3 is 9.88 Å². The first kappa shape index (κ1) is 22.2. The molecule has 1 heterocycles. The number of thioether (sulfide) groups is 1. The molecule has 1 N–H and O–H groups in total. The van der Waals surface area contributed by atoms with Gasteiger partial charge in [0.1, 0.15) is 6.54 Å². The third kappa shape index (κ3) is 4.74. The lowest BCUT2D eigenvalue weighted by atomic mass is 10.2. The first-order valence-corrected chi connectivity index (χ1v) is 13.0. The van der Waals surface area contributed by atoms with Gasteiger partial charge in [0.05, 0.1) is 16.3 Å². The van der Waals surface area contributed by atoms with E-state index in [9.17, 15) is 13.2 Å². The van der Waals surface area contributed by atoms with Crippen LogP contribution in [0.3, 0.4) is 0 Å². The molecule has 0 radical (unpaired) electrons. The first-order valence-electron chi connectivity index (χ1n) is 10.2. The van der Waals surface area contributed by atoms with Gasteiger partial charge in [-0.15, -0.1) is 11.8 Å². The van der Waals surface area contributed by atoms with Crippen LogP contribution in [0, 0.1) is 6.92 Å². The lowest BCUT2D eigenvalue weighted by Gasteiger charge is -2.10. The van der Waals surface area contributed by atoms with Gasteiger partial charge in [0.15, 0.2) is 9.84 Å². The Hall–Kier alpha value is -3.03. The smallest absolute Gasteiger partial charge is 0.244 e. The maximum atomic E-state index is 13.3. The zero-order valence-electron chi connectivity index (χ0n) is 17.9. The summed E-state index contributed by atoms with van der Waals surface area (Å²) in [4.78, 5) is 14.0. The molecule has 4 rings (SSSR count). The number of amides is 1. The van der Waals surface area contributed by atoms with E-state index in [0.717, 1.165) is 21.7 Å². The summed E-state index contributed by atoms with van der Waals surface area (Å²) in [6.07, 6.45) is 3.53. The van der Waals surface area contributed by atoms with Crippen molar-refractivity contribution in [2.24, 2.45) is 0 Å². The number of hydrogen-bond donors (Lipinski definition) is 1. The van der Waals surface area contributed by atoms with Gasteiger partial charge in [0.2, 0.25) is 5.91 Å². The minimum atomic E-state index is -3.59. The second kappa shape index (κ2) is 9.22. The monoisotopic (exact) mass is 464 g/mol. The highest BCUT2D eigenvalue weighted by molar-refractivity contribution is 7.98. The molecule has 0 unspecified atom stereocenters. The van der Waals surface area contributed by atoms with Gasteiger partial charge in [-0.1, -0.05) is 60.2 Å². The van der Waals surface area contributed by atoms with Gasteiger partial charge in [0, 0.05) is 22.0 Å². The fourth-order valence-electron chi connectivity index (χ4n) is 3.67. The number of sulfone groups is 1. The van der Waals surface area contributed by atoms with Crippen LogP contribution in [0.1, 0.15) is 11.1 Å². The number of anilines is 1. The number of aromatic nitrogens is 1. The van der Waals surface area contributed by atoms with E-state index in [2.05, 4.69) is 5.32 Å². The number of nitrogens with zero attached hydrogens (tertiary/aromatic N) is 1. The molecule has 1 aromatic heterocycles. The number of nitrogens with one attached hydrogen (secondary N) is 1. The molecule has 0 bridgehead atoms. The molecule has 0 fully saturated rings. The average Bonchev–Trinajstić information content (AvgIpc) is 3.15. The summed E-state index contributed by atoms with van der Waals surface area (Å²) in [5, 5.41) is 3.56. The molecule has 164 valence electrons. The van der Waals surface area contributed by atoms with E-state index in [1.54, 1.807) is 28.6 Å². The zero-order chi connectivity index (χ0) is 22.7. The van der Waals surface area contributed by atoms with Crippen molar-refractivity contribution in [3.8, 4) is 0 Å². The van der Waals surface area contributed by atoms with Crippen molar-refractivity contribution in [3.05, 3.63) is 90.1 Å². The molecule has 0 saturated carbocycles. The summed E-state index contributed by atoms with van der Waals surface area (Å²) in [5.74, 6) is -0.302. The third-order valence-corrected chi connectivity index (χ3v) is 7.76. The molecule has 32 heavy (non-hydrogen) atoms. The van der Waals surface area contributed by atoms with Crippen molar-refractivity contribution in [2.75, 3.05) is 11.6 Å². The Balaban J connectivity index is 1.64. The maximum Gasteiger partial charge on any atom is 0.244 e. The average molecular weight is 465 g/mol. The largest absolute Gasteiger partial charge is 0.337 e. The summed E-state index contributed by atoms with van der Waals surface area (Å²) in [7, 11) is -3.59. The number of para-hydroxylation sites is 2. The Kier molecular flexibility index (Phi) is 6.39. The number of carbonyl (C=O) groups is 1. The van der Waals surface area contributed by atoms with Crippen molar-refractivity contribution in [1.82, 2.24) is 4.57 Å². The summed E-state index contributed by atoms with van der Waals surface area (Å²) in [6.45, 7) is 1.98. The van der Waals surface area contributed by atoms with E-state index < -0.39 is 9.84 Å². The summed E-state index contributed by atoms with van der Waals surface area (Å²) in [6, 6.07) is 22.4. The molecule has 0 aliphatic heterocycles. The van der Waals surface area contributed by atoms with Gasteiger partial charge in [-0.2, -0.15) is 0 Å². The van der Waals surface area contributed by atoms with E-state index in [4.69, 9.17) is 0 Å². The Morgan fingerprint density at radius 1 is 0.969 bits per heavy atom. The van der Waals surface area contributed by atoms with Crippen LogP contribution in [0.15, 0.2) is 88.8 Å². The SMILES string of the molecule is CSc1ccccc1NC(=O)Cn1cc(S(=O)(=O)Cc2ccc(C)cc2)c2ccccc21. The molecule has 0 saturated heterocycles. The summed E-state index contributed by atoms with van der Waals surface area (Å²) >= 11 is 1.55. The lowest BCUT2D eigenvalue weighted by Crippen LogP contribution is -2.18. The molecular formula is C25H24N2O3S2. The van der Waals surface area contributed by atoms with Crippen LogP contribution in [0.25, 0.3) is 10.9 Å². The zero-order valence-corrected chi connectivity index (χ0v) is 19.5. The summed E-state index contributed by atoms with van der Waals surface area (Å²) in [5.41, 5.74) is 3.27. The van der Waals surface area contributed by atoms with Gasteiger partial charge in [-0.3, -0.25) is 4.79 Å². The second-order valence-electron chi connectivity index (χ2n) is 7.63. The molecule has 7 heteroatoms. The van der Waals surface area contributed by atoms with Gasteiger partial charge >= 0.3 is 0 Å². The van der Waals surface area contributed by atoms with Gasteiger partial charge in [0.25, 0.3) is 0 Å². The molecule has 0 aliphatic rings. The molecular weight excluding hydrogens is 440 g/mol. The van der Waals surface area contributed by atoms with Crippen molar-refractivity contribution >= 4 is 44.1 Å². The van der Waals surface area contributed by atoms with Crippen LogP contribution in [-0.4, -0.2) is 25.1 Å². The molecule has 5 nitrogen and oxygen atoms in total. The second-order valence-corrected chi connectivity index (χ2v) is 10.4. The van der Waals surface area contributed by atoms with Crippen LogP contribution >= 0.6 is 11.8 Å². The number of benzene rings is 3. The molecule has 0 spiro atoms. The number of aryl methyl sites for hydroxylation is 1. The highest BCUT2D eigenvalue weighted by Crippen LogP contribution is 2.29. The van der Waals surface area contributed by atoms with Gasteiger partial charge in [-0.05, 0) is 36.9 Å². The van der Waals surface area contributed by atoms with Crippen LogP contribution < -0.4 is 5.32 Å². The minimum Gasteiger partial charge on any atom is -0.337 e. The molecule has 0 atom stereocenters. The number of hydrogen-bond acceptors (Lipinski definition) is 4. The van der Waals surface area contributed by atoms with E-state index in [1.807, 2.05) is 79.9 Å². The summed E-state index contributed by atoms with van der Waals surface area (Å²) < 4.78 is 28.2. The predicted molar refractivity (Wildman–Crippen MR) is 131 cm³/mol. The number of carbonyl (C=O) groups excluding carboxylic acids is 1. The number of rotatable bonds is 7. The van der Waals surface area contributed by atoms with E-state index >= 15 is 0 Å². The van der Waals surface area contributed by atoms with Crippen LogP contribution in [0.2, 0.25) is 0 Å². The molecule has 4 aromatic rings. The quantitative estimate of drug-likeness (QED) is 0.378. The molecule has 3 aromatic carbocycles. The first-order chi connectivity index (χ1) is 15.4. The fourth-order valence-corrected chi connectivity index (χ4v) is 5.80. The Morgan fingerprint density at radius 2 is 1.66 bits per heavy atom. The topological polar surface area (TPSA) is 68.2 Å². The van der Waals surface area contributed by atoms with E-state index in [-0.39, 0.29) is 23.1 Å². The van der Waals surface area contributed by atoms with Crippen molar-refractivity contribution in [2.45, 2.75) is 29.0 Å². The Morgan fingerprint density at radius 3 is 2.41 bits per heavy atom. The van der Waals surface area contributed by atoms with Crippen LogP contribution in [-0.2, 0) is 26.9 Å². The highest BCUT2D eigenvalue weighted by Gasteiger charge is 2.22. The Bertz CT molecular complexity index is 1370. The standard InChI is InChI=1S/C25H24N2O3S2/c1-18-11-13-19(14-12-18)17-32(29,30)24-15-27(22-9-5-3-7-20(22)24)16-25(28)26-21-8-4-6-10-23(21)31-2/h3-15H,16-17H2,1-2H3,(H,26,28). The third-order valence-electron chi connectivity index (χ3n) is 5.26. The van der Waals surface area contributed by atoms with Crippen molar-refractivity contribution in [1.29, 1.82) is 0 Å². The van der Waals surface area contributed by atoms with Gasteiger partial charge in [-0.25, -0.2) is 8.42 Å². The minimum absolute atomic E-state index is 0.0171. The van der Waals surface area contributed by atoms with Crippen LogP contribution in [0.5, 0.6) is 0 Å².